The number of nitrogens with one attached hydrogen (secondary N) is 2. The Morgan fingerprint density at radius 2 is 1.78 bits per heavy atom. The van der Waals surface area contributed by atoms with E-state index in [4.69, 9.17) is 5.11 Å². The Bertz CT molecular complexity index is 284. The van der Waals surface area contributed by atoms with Gasteiger partial charge in [0.2, 0.25) is 0 Å². The highest BCUT2D eigenvalue weighted by Gasteiger charge is 2.01. The van der Waals surface area contributed by atoms with Gasteiger partial charge in [-0.1, -0.05) is 13.3 Å². The van der Waals surface area contributed by atoms with Crippen LogP contribution in [-0.4, -0.2) is 45.9 Å². The van der Waals surface area contributed by atoms with Gasteiger partial charge in [0.15, 0.2) is 0 Å². The molecule has 0 spiro atoms. The lowest BCUT2D eigenvalue weighted by Gasteiger charge is -2.06. The van der Waals surface area contributed by atoms with E-state index >= 15 is 0 Å². The minimum Gasteiger partial charge on any atom is -0.481 e. The first-order valence-electron chi connectivity index (χ1n) is 6.14. The molecule has 106 valence electrons. The molecule has 0 heterocycles. The molecule has 0 bridgehead atoms. The molecule has 3 N–H and O–H groups in total. The molecule has 18 heavy (non-hydrogen) atoms. The molecule has 0 aliphatic rings. The van der Waals surface area contributed by atoms with E-state index in [1.54, 1.807) is 0 Å². The molecule has 0 saturated heterocycles. The number of urea groups is 1. The first kappa shape index (κ1) is 16.9. The summed E-state index contributed by atoms with van der Waals surface area (Å²) in [5.74, 6) is 0.291. The number of carboxylic acids is 1. The van der Waals surface area contributed by atoms with Crippen molar-refractivity contribution < 1.29 is 18.9 Å². The van der Waals surface area contributed by atoms with Gasteiger partial charge in [0.05, 0.1) is 0 Å². The molecule has 0 saturated carbocycles. The molecule has 1 unspecified atom stereocenters. The largest absolute Gasteiger partial charge is 0.481 e. The fraction of sp³-hybridized carbons (Fsp3) is 0.818. The van der Waals surface area contributed by atoms with Crippen molar-refractivity contribution in [1.82, 2.24) is 10.6 Å². The smallest absolute Gasteiger partial charge is 0.314 e. The number of amides is 2. The van der Waals surface area contributed by atoms with E-state index in [1.807, 2.05) is 6.92 Å². The quantitative estimate of drug-likeness (QED) is 0.513. The van der Waals surface area contributed by atoms with E-state index in [9.17, 15) is 13.8 Å². The number of hydrogen-bond donors (Lipinski definition) is 3. The van der Waals surface area contributed by atoms with Crippen LogP contribution in [0.5, 0.6) is 0 Å². The summed E-state index contributed by atoms with van der Waals surface area (Å²) in [7, 11) is -0.856. The summed E-state index contributed by atoms with van der Waals surface area (Å²) < 4.78 is 11.1. The van der Waals surface area contributed by atoms with Gasteiger partial charge in [-0.15, -0.1) is 0 Å². The predicted octanol–water partition coefficient (Wildman–Crippen LogP) is 0.699. The topological polar surface area (TPSA) is 95.5 Å². The molecule has 1 atom stereocenters. The van der Waals surface area contributed by atoms with E-state index in [2.05, 4.69) is 10.6 Å². The van der Waals surface area contributed by atoms with Crippen molar-refractivity contribution >= 4 is 22.8 Å². The van der Waals surface area contributed by atoms with E-state index in [0.29, 0.717) is 31.0 Å². The SMILES string of the molecule is CCS(=O)CCNC(=O)NCCCCCC(=O)O. The van der Waals surface area contributed by atoms with Crippen molar-refractivity contribution in [1.29, 1.82) is 0 Å². The summed E-state index contributed by atoms with van der Waals surface area (Å²) in [4.78, 5) is 21.5. The monoisotopic (exact) mass is 278 g/mol. The van der Waals surface area contributed by atoms with Gasteiger partial charge in [-0.2, -0.15) is 0 Å². The van der Waals surface area contributed by atoms with Crippen LogP contribution in [0.4, 0.5) is 4.79 Å². The van der Waals surface area contributed by atoms with E-state index in [1.165, 1.54) is 0 Å². The summed E-state index contributed by atoms with van der Waals surface area (Å²) in [5, 5.41) is 13.7. The van der Waals surface area contributed by atoms with Crippen LogP contribution in [0.3, 0.4) is 0 Å². The third-order valence-electron chi connectivity index (χ3n) is 2.29. The molecule has 0 aromatic carbocycles. The van der Waals surface area contributed by atoms with Gasteiger partial charge in [-0.05, 0) is 12.8 Å². The highest BCUT2D eigenvalue weighted by atomic mass is 32.2. The Morgan fingerprint density at radius 3 is 2.39 bits per heavy atom. The van der Waals surface area contributed by atoms with E-state index in [-0.39, 0.29) is 12.5 Å². The Labute approximate surface area is 110 Å². The summed E-state index contributed by atoms with van der Waals surface area (Å²) in [6.45, 7) is 2.78. The standard InChI is InChI=1S/C11H22N2O4S/c1-2-18(17)9-8-13-11(16)12-7-5-3-4-6-10(14)15/h2-9H2,1H3,(H,14,15)(H2,12,13,16). The number of carbonyl (C=O) groups excluding carboxylic acids is 1. The Hall–Kier alpha value is -1.11. The highest BCUT2D eigenvalue weighted by molar-refractivity contribution is 7.84. The van der Waals surface area contributed by atoms with Crippen LogP contribution < -0.4 is 10.6 Å². The molecule has 0 aliphatic carbocycles. The molecular formula is C11H22N2O4S. The van der Waals surface area contributed by atoms with Gasteiger partial charge >= 0.3 is 12.0 Å². The van der Waals surface area contributed by atoms with Crippen LogP contribution in [-0.2, 0) is 15.6 Å². The lowest BCUT2D eigenvalue weighted by molar-refractivity contribution is -0.137. The third-order valence-corrected chi connectivity index (χ3v) is 3.59. The van der Waals surface area contributed by atoms with Crippen LogP contribution in [0.15, 0.2) is 0 Å². The third kappa shape index (κ3) is 11.4. The second-order valence-corrected chi connectivity index (χ2v) is 5.68. The second-order valence-electron chi connectivity index (χ2n) is 3.82. The molecule has 0 aromatic rings. The van der Waals surface area contributed by atoms with Gasteiger partial charge in [0, 0.05) is 41.8 Å². The zero-order valence-electron chi connectivity index (χ0n) is 10.7. The minimum absolute atomic E-state index is 0.176. The van der Waals surface area contributed by atoms with Crippen molar-refractivity contribution in [2.75, 3.05) is 24.6 Å². The van der Waals surface area contributed by atoms with Crippen LogP contribution in [0, 0.1) is 0 Å². The highest BCUT2D eigenvalue weighted by Crippen LogP contribution is 1.98. The lowest BCUT2D eigenvalue weighted by Crippen LogP contribution is -2.38. The van der Waals surface area contributed by atoms with Crippen molar-refractivity contribution in [2.24, 2.45) is 0 Å². The average Bonchev–Trinajstić information content (AvgIpc) is 2.33. The lowest BCUT2D eigenvalue weighted by atomic mass is 10.2. The van der Waals surface area contributed by atoms with E-state index in [0.717, 1.165) is 12.8 Å². The Kier molecular flexibility index (Phi) is 10.3. The van der Waals surface area contributed by atoms with Crippen molar-refractivity contribution in [2.45, 2.75) is 32.6 Å². The van der Waals surface area contributed by atoms with Crippen LogP contribution in [0.25, 0.3) is 0 Å². The summed E-state index contributed by atoms with van der Waals surface area (Å²) in [6.07, 6.45) is 2.36. The van der Waals surface area contributed by atoms with Gasteiger partial charge in [0.1, 0.15) is 0 Å². The summed E-state index contributed by atoms with van der Waals surface area (Å²) in [6, 6.07) is -0.263. The molecule has 0 radical (unpaired) electrons. The number of unbranched alkanes of at least 4 members (excludes halogenated alkanes) is 2. The number of hydrogen-bond acceptors (Lipinski definition) is 3. The molecular weight excluding hydrogens is 256 g/mol. The Morgan fingerprint density at radius 1 is 1.11 bits per heavy atom. The van der Waals surface area contributed by atoms with Gasteiger partial charge in [0.25, 0.3) is 0 Å². The van der Waals surface area contributed by atoms with Gasteiger partial charge in [-0.25, -0.2) is 4.79 Å². The molecule has 0 aliphatic heterocycles. The summed E-state index contributed by atoms with van der Waals surface area (Å²) in [5.41, 5.74) is 0. The maximum Gasteiger partial charge on any atom is 0.314 e. The predicted molar refractivity (Wildman–Crippen MR) is 71.1 cm³/mol. The maximum atomic E-state index is 11.2. The van der Waals surface area contributed by atoms with E-state index < -0.39 is 16.8 Å². The molecule has 7 heteroatoms. The van der Waals surface area contributed by atoms with Gasteiger partial charge < -0.3 is 15.7 Å². The van der Waals surface area contributed by atoms with Crippen LogP contribution in [0.2, 0.25) is 0 Å². The minimum atomic E-state index is -0.856. The van der Waals surface area contributed by atoms with Crippen molar-refractivity contribution in [3.05, 3.63) is 0 Å². The number of aliphatic carboxylic acids is 1. The number of carbonyl (C=O) groups is 2. The zero-order chi connectivity index (χ0) is 13.8. The number of rotatable bonds is 10. The number of carboxylic acid groups (broad SMARTS) is 1. The fourth-order valence-electron chi connectivity index (χ4n) is 1.27. The van der Waals surface area contributed by atoms with Crippen LogP contribution in [0.1, 0.15) is 32.6 Å². The Balaban J connectivity index is 3.32. The zero-order valence-corrected chi connectivity index (χ0v) is 11.6. The normalized spacial score (nSPS) is 11.8. The molecule has 0 rings (SSSR count). The first-order valence-corrected chi connectivity index (χ1v) is 7.63. The first-order chi connectivity index (χ1) is 8.56. The fourth-order valence-corrected chi connectivity index (χ4v) is 1.88. The molecule has 0 aromatic heterocycles. The van der Waals surface area contributed by atoms with Crippen LogP contribution >= 0.6 is 0 Å². The molecule has 2 amide bonds. The average molecular weight is 278 g/mol. The molecule has 6 nitrogen and oxygen atoms in total. The summed E-state index contributed by atoms with van der Waals surface area (Å²) >= 11 is 0. The maximum absolute atomic E-state index is 11.2. The molecule has 0 fully saturated rings. The second kappa shape index (κ2) is 11.0. The van der Waals surface area contributed by atoms with Gasteiger partial charge in [-0.3, -0.25) is 9.00 Å². The van der Waals surface area contributed by atoms with Crippen molar-refractivity contribution in [3.8, 4) is 0 Å². The van der Waals surface area contributed by atoms with Crippen molar-refractivity contribution in [3.63, 3.8) is 0 Å².